The van der Waals surface area contributed by atoms with E-state index in [4.69, 9.17) is 11.6 Å². The molecule has 0 aromatic heterocycles. The van der Waals surface area contributed by atoms with Gasteiger partial charge in [0.2, 0.25) is 0 Å². The standard InChI is InChI=1S/C19H21ClN2O2/c1-12(2)11-21-18(23)14-6-4-7-15(10-14)19(24)22-17-9-5-8-16(20)13(17)3/h4-10,12H,11H2,1-3H3,(H,21,23)(H,22,24). The molecule has 2 N–H and O–H groups in total. The Kier molecular flexibility index (Phi) is 5.99. The van der Waals surface area contributed by atoms with Gasteiger partial charge in [-0.1, -0.05) is 37.6 Å². The molecule has 0 fully saturated rings. The average molecular weight is 345 g/mol. The maximum atomic E-state index is 12.4. The van der Waals surface area contributed by atoms with Crippen LogP contribution in [0.4, 0.5) is 5.69 Å². The van der Waals surface area contributed by atoms with Gasteiger partial charge in [0.05, 0.1) is 0 Å². The maximum Gasteiger partial charge on any atom is 0.255 e. The van der Waals surface area contributed by atoms with E-state index in [2.05, 4.69) is 10.6 Å². The molecule has 0 atom stereocenters. The first-order valence-electron chi connectivity index (χ1n) is 7.83. The molecule has 0 aliphatic rings. The molecule has 4 nitrogen and oxygen atoms in total. The molecule has 2 aromatic rings. The molecular formula is C19H21ClN2O2. The molecule has 0 heterocycles. The van der Waals surface area contributed by atoms with Crippen LogP contribution in [0.2, 0.25) is 5.02 Å². The molecule has 126 valence electrons. The normalized spacial score (nSPS) is 10.5. The van der Waals surface area contributed by atoms with Gasteiger partial charge in [0.15, 0.2) is 0 Å². The van der Waals surface area contributed by atoms with Crippen LogP contribution >= 0.6 is 11.6 Å². The highest BCUT2D eigenvalue weighted by Gasteiger charge is 2.12. The van der Waals surface area contributed by atoms with Gasteiger partial charge < -0.3 is 10.6 Å². The molecule has 2 aromatic carbocycles. The number of halogens is 1. The van der Waals surface area contributed by atoms with Gasteiger partial charge >= 0.3 is 0 Å². The highest BCUT2D eigenvalue weighted by molar-refractivity contribution is 6.31. The summed E-state index contributed by atoms with van der Waals surface area (Å²) in [5.41, 5.74) is 2.35. The van der Waals surface area contributed by atoms with E-state index in [1.807, 2.05) is 20.8 Å². The number of hydrogen-bond acceptors (Lipinski definition) is 2. The summed E-state index contributed by atoms with van der Waals surface area (Å²) in [6.07, 6.45) is 0. The summed E-state index contributed by atoms with van der Waals surface area (Å²) in [6.45, 7) is 6.49. The molecule has 0 bridgehead atoms. The predicted molar refractivity (Wildman–Crippen MR) is 97.8 cm³/mol. The molecular weight excluding hydrogens is 324 g/mol. The van der Waals surface area contributed by atoms with E-state index in [-0.39, 0.29) is 11.8 Å². The number of rotatable bonds is 5. The molecule has 0 saturated heterocycles. The minimum atomic E-state index is -0.279. The van der Waals surface area contributed by atoms with Crippen LogP contribution in [-0.2, 0) is 0 Å². The largest absolute Gasteiger partial charge is 0.352 e. The van der Waals surface area contributed by atoms with Crippen LogP contribution in [0.25, 0.3) is 0 Å². The summed E-state index contributed by atoms with van der Waals surface area (Å²) in [5.74, 6) is -0.0950. The van der Waals surface area contributed by atoms with Crippen molar-refractivity contribution in [1.29, 1.82) is 0 Å². The molecule has 0 unspecified atom stereocenters. The summed E-state index contributed by atoms with van der Waals surface area (Å²) in [5, 5.41) is 6.26. The molecule has 24 heavy (non-hydrogen) atoms. The van der Waals surface area contributed by atoms with E-state index in [1.165, 1.54) is 0 Å². The third-order valence-corrected chi connectivity index (χ3v) is 3.98. The second kappa shape index (κ2) is 7.97. The summed E-state index contributed by atoms with van der Waals surface area (Å²) >= 11 is 6.07. The summed E-state index contributed by atoms with van der Waals surface area (Å²) in [6, 6.07) is 12.0. The number of carbonyl (C=O) groups excluding carboxylic acids is 2. The highest BCUT2D eigenvalue weighted by Crippen LogP contribution is 2.23. The first-order valence-corrected chi connectivity index (χ1v) is 8.21. The molecule has 0 spiro atoms. The first kappa shape index (κ1) is 18.0. The van der Waals surface area contributed by atoms with Crippen molar-refractivity contribution < 1.29 is 9.59 Å². The minimum Gasteiger partial charge on any atom is -0.352 e. The first-order chi connectivity index (χ1) is 11.4. The van der Waals surface area contributed by atoms with E-state index in [9.17, 15) is 9.59 Å². The zero-order valence-corrected chi connectivity index (χ0v) is 14.8. The number of amides is 2. The number of hydrogen-bond donors (Lipinski definition) is 2. The van der Waals surface area contributed by atoms with E-state index in [0.717, 1.165) is 5.56 Å². The number of carbonyl (C=O) groups is 2. The zero-order chi connectivity index (χ0) is 17.7. The zero-order valence-electron chi connectivity index (χ0n) is 14.0. The fraction of sp³-hybridized carbons (Fsp3) is 0.263. The molecule has 0 radical (unpaired) electrons. The van der Waals surface area contributed by atoms with Crippen LogP contribution in [0.1, 0.15) is 40.1 Å². The lowest BCUT2D eigenvalue weighted by atomic mass is 10.1. The number of benzene rings is 2. The average Bonchev–Trinajstić information content (AvgIpc) is 2.56. The SMILES string of the molecule is Cc1c(Cl)cccc1NC(=O)c1cccc(C(=O)NCC(C)C)c1. The van der Waals surface area contributed by atoms with Gasteiger partial charge in [-0.3, -0.25) is 9.59 Å². The Balaban J connectivity index is 2.14. The van der Waals surface area contributed by atoms with Crippen LogP contribution in [0.3, 0.4) is 0 Å². The molecule has 5 heteroatoms. The Morgan fingerprint density at radius 1 is 1.04 bits per heavy atom. The lowest BCUT2D eigenvalue weighted by Crippen LogP contribution is -2.27. The molecule has 0 aliphatic carbocycles. The molecule has 2 amide bonds. The van der Waals surface area contributed by atoms with Crippen LogP contribution in [0.5, 0.6) is 0 Å². The van der Waals surface area contributed by atoms with Crippen molar-refractivity contribution in [2.75, 3.05) is 11.9 Å². The summed E-state index contributed by atoms with van der Waals surface area (Å²) in [4.78, 5) is 24.6. The van der Waals surface area contributed by atoms with Crippen molar-refractivity contribution in [3.05, 3.63) is 64.2 Å². The van der Waals surface area contributed by atoms with Gasteiger partial charge in [-0.05, 0) is 48.7 Å². The minimum absolute atomic E-state index is 0.183. The van der Waals surface area contributed by atoms with Crippen molar-refractivity contribution in [1.82, 2.24) is 5.32 Å². The van der Waals surface area contributed by atoms with E-state index in [1.54, 1.807) is 42.5 Å². The van der Waals surface area contributed by atoms with Gasteiger partial charge in [0, 0.05) is 28.4 Å². The van der Waals surface area contributed by atoms with Crippen molar-refractivity contribution >= 4 is 29.1 Å². The van der Waals surface area contributed by atoms with Crippen LogP contribution in [-0.4, -0.2) is 18.4 Å². The summed E-state index contributed by atoms with van der Waals surface area (Å²) < 4.78 is 0. The third kappa shape index (κ3) is 4.59. The lowest BCUT2D eigenvalue weighted by Gasteiger charge is -2.11. The second-order valence-electron chi connectivity index (χ2n) is 6.05. The fourth-order valence-corrected chi connectivity index (χ4v) is 2.31. The smallest absolute Gasteiger partial charge is 0.255 e. The highest BCUT2D eigenvalue weighted by atomic mass is 35.5. The van der Waals surface area contributed by atoms with E-state index in [0.29, 0.717) is 34.3 Å². The molecule has 0 saturated carbocycles. The quantitative estimate of drug-likeness (QED) is 0.850. The number of anilines is 1. The van der Waals surface area contributed by atoms with E-state index < -0.39 is 0 Å². The van der Waals surface area contributed by atoms with Crippen LogP contribution < -0.4 is 10.6 Å². The van der Waals surface area contributed by atoms with Gasteiger partial charge in [0.1, 0.15) is 0 Å². The van der Waals surface area contributed by atoms with Gasteiger partial charge in [0.25, 0.3) is 11.8 Å². The maximum absolute atomic E-state index is 12.4. The molecule has 2 rings (SSSR count). The fourth-order valence-electron chi connectivity index (χ4n) is 2.14. The topological polar surface area (TPSA) is 58.2 Å². The monoisotopic (exact) mass is 344 g/mol. The van der Waals surface area contributed by atoms with Crippen molar-refractivity contribution in [2.24, 2.45) is 5.92 Å². The predicted octanol–water partition coefficient (Wildman–Crippen LogP) is 4.29. The van der Waals surface area contributed by atoms with Crippen molar-refractivity contribution in [3.63, 3.8) is 0 Å². The summed E-state index contributed by atoms with van der Waals surface area (Å²) in [7, 11) is 0. The Morgan fingerprint density at radius 3 is 2.33 bits per heavy atom. The Hall–Kier alpha value is -2.33. The van der Waals surface area contributed by atoms with E-state index >= 15 is 0 Å². The Morgan fingerprint density at radius 2 is 1.67 bits per heavy atom. The van der Waals surface area contributed by atoms with Gasteiger partial charge in [-0.15, -0.1) is 0 Å². The van der Waals surface area contributed by atoms with Crippen molar-refractivity contribution in [2.45, 2.75) is 20.8 Å². The molecule has 0 aliphatic heterocycles. The van der Waals surface area contributed by atoms with Gasteiger partial charge in [-0.2, -0.15) is 0 Å². The Bertz CT molecular complexity index is 757. The lowest BCUT2D eigenvalue weighted by molar-refractivity contribution is 0.0949. The number of nitrogens with one attached hydrogen (secondary N) is 2. The third-order valence-electron chi connectivity index (χ3n) is 3.57. The second-order valence-corrected chi connectivity index (χ2v) is 6.46. The van der Waals surface area contributed by atoms with Gasteiger partial charge in [-0.25, -0.2) is 0 Å². The van der Waals surface area contributed by atoms with Crippen LogP contribution in [0.15, 0.2) is 42.5 Å². The van der Waals surface area contributed by atoms with Crippen molar-refractivity contribution in [3.8, 4) is 0 Å². The van der Waals surface area contributed by atoms with Crippen LogP contribution in [0, 0.1) is 12.8 Å². The Labute approximate surface area is 147 Å².